The Bertz CT molecular complexity index is 2640. The fraction of sp³-hybridized carbons (Fsp3) is 0.340. The molecule has 71 heavy (non-hydrogen) atoms. The number of primary amides is 1. The topological polar surface area (TPSA) is 269 Å². The number of aromatic nitrogens is 1. The van der Waals surface area contributed by atoms with E-state index in [4.69, 9.17) is 39.4 Å². The van der Waals surface area contributed by atoms with E-state index in [-0.39, 0.29) is 43.8 Å². The number of nitrogens with one attached hydrogen (secondary N) is 7. The molecule has 0 unspecified atom stereocenters. The van der Waals surface area contributed by atoms with Gasteiger partial charge in [0.05, 0.1) is 0 Å². The van der Waals surface area contributed by atoms with Crippen LogP contribution in [0.25, 0.3) is 10.9 Å². The number of H-pyrrole nitrogens is 1. The number of nitrogens with two attached hydrogens (primary N) is 2. The van der Waals surface area contributed by atoms with Crippen molar-refractivity contribution in [1.82, 2.24) is 36.9 Å². The number of ether oxygens (including phenoxy) is 1. The number of unbranched alkanes of at least 4 members (excludes halogenated alkanes) is 1. The molecule has 2 heterocycles. The summed E-state index contributed by atoms with van der Waals surface area (Å²) in [6.45, 7) is 1.64. The molecule has 1 fully saturated rings. The third-order valence-electron chi connectivity index (χ3n) is 11.6. The summed E-state index contributed by atoms with van der Waals surface area (Å²) in [5.74, 6) is -4.53. The predicted molar refractivity (Wildman–Crippen MR) is 277 cm³/mol. The highest BCUT2D eigenvalue weighted by molar-refractivity contribution is 8.76. The van der Waals surface area contributed by atoms with Gasteiger partial charge in [-0.1, -0.05) is 112 Å². The molecule has 1 aliphatic rings. The van der Waals surface area contributed by atoms with E-state index < -0.39 is 77.6 Å². The quantitative estimate of drug-likeness (QED) is 0.0534. The van der Waals surface area contributed by atoms with Gasteiger partial charge in [0.15, 0.2) is 0 Å². The van der Waals surface area contributed by atoms with E-state index in [0.717, 1.165) is 32.5 Å². The Kier molecular flexibility index (Phi) is 20.4. The molecular formula is C50H57Cl2N9O8S2. The molecule has 1 aromatic heterocycles. The molecule has 11 N–H and O–H groups in total. The van der Waals surface area contributed by atoms with Gasteiger partial charge in [-0.3, -0.25) is 33.6 Å². The van der Waals surface area contributed by atoms with Crippen molar-refractivity contribution in [2.45, 2.75) is 88.3 Å². The summed E-state index contributed by atoms with van der Waals surface area (Å²) >= 11 is 12.7. The van der Waals surface area contributed by atoms with Crippen LogP contribution >= 0.6 is 44.8 Å². The smallest absolute Gasteiger partial charge is 0.244 e. The summed E-state index contributed by atoms with van der Waals surface area (Å²) in [4.78, 5) is 101. The molecular weight excluding hydrogens is 990 g/mol. The van der Waals surface area contributed by atoms with Gasteiger partial charge >= 0.3 is 0 Å². The highest BCUT2D eigenvalue weighted by Gasteiger charge is 2.34. The lowest BCUT2D eigenvalue weighted by atomic mass is 10.0. The first kappa shape index (κ1) is 54.1. The number of carbonyl (C=O) groups excluding carboxylic acids is 7. The summed E-state index contributed by atoms with van der Waals surface area (Å²) in [6.07, 6.45) is 2.68. The maximum absolute atomic E-state index is 14.7. The van der Waals surface area contributed by atoms with Crippen molar-refractivity contribution in [1.29, 1.82) is 0 Å². The molecule has 6 atom stereocenters. The number of fused-ring (bicyclic) bond motifs is 1. The lowest BCUT2D eigenvalue weighted by molar-refractivity contribution is -0.135. The van der Waals surface area contributed by atoms with Crippen LogP contribution < -0.4 is 48.1 Å². The van der Waals surface area contributed by atoms with Crippen LogP contribution in [-0.4, -0.2) is 101 Å². The molecule has 0 radical (unpaired) electrons. The normalized spacial score (nSPS) is 20.9. The van der Waals surface area contributed by atoms with E-state index in [1.165, 1.54) is 6.92 Å². The van der Waals surface area contributed by atoms with E-state index in [0.29, 0.717) is 57.4 Å². The average molecular weight is 1050 g/mol. The van der Waals surface area contributed by atoms with Gasteiger partial charge in [-0.2, -0.15) is 0 Å². The lowest BCUT2D eigenvalue weighted by Gasteiger charge is -2.28. The van der Waals surface area contributed by atoms with Crippen molar-refractivity contribution in [3.8, 4) is 5.75 Å². The third kappa shape index (κ3) is 16.1. The van der Waals surface area contributed by atoms with Crippen LogP contribution in [0.5, 0.6) is 5.75 Å². The Labute approximate surface area is 429 Å². The van der Waals surface area contributed by atoms with Crippen molar-refractivity contribution < 1.29 is 38.3 Å². The number of para-hydroxylation sites is 1. The van der Waals surface area contributed by atoms with E-state index in [2.05, 4.69) is 36.9 Å². The van der Waals surface area contributed by atoms with Crippen LogP contribution in [0.15, 0.2) is 103 Å². The molecule has 17 nitrogen and oxygen atoms in total. The standard InChI is InChI=1S/C50H57Cl2N9O8S2/c1-29(62)56-44-28-71-70-27-43(45(54)63)61-48(66)41(23-31-17-19-33(20-18-31)69-26-35-36(51)13-9-14-37(35)52)58-46(64)39(16-7-8-21-53)57-49(67)42(24-32-25-55-38-15-6-5-12-34(32)38)60-47(65)40(59-50(44)68)22-30-10-3-2-4-11-30/h2-6,9-15,17-20,25,39-44,55H,7-8,16,21-24,26-28,53H2,1H3,(H2,54,63)(H,56,62)(H,57,67)(H,58,64)(H,59,68)(H,60,65)(H,61,66)/t39-,40-,41-,42-,43-,44-/m0/s1. The molecule has 21 heteroatoms. The summed E-state index contributed by atoms with van der Waals surface area (Å²) in [5.41, 5.74) is 15.0. The first-order chi connectivity index (χ1) is 34.2. The minimum atomic E-state index is -1.30. The summed E-state index contributed by atoms with van der Waals surface area (Å²) in [7, 11) is 2.24. The highest BCUT2D eigenvalue weighted by atomic mass is 35.5. The zero-order chi connectivity index (χ0) is 50.9. The van der Waals surface area contributed by atoms with Gasteiger partial charge in [0.25, 0.3) is 0 Å². The number of carbonyl (C=O) groups is 7. The van der Waals surface area contributed by atoms with E-state index in [1.807, 2.05) is 30.3 Å². The summed E-state index contributed by atoms with van der Waals surface area (Å²) in [6, 6.07) is 20.9. The summed E-state index contributed by atoms with van der Waals surface area (Å²) in [5, 5.41) is 18.4. The van der Waals surface area contributed by atoms with Crippen molar-refractivity contribution in [2.24, 2.45) is 11.5 Å². The molecule has 0 spiro atoms. The first-order valence-electron chi connectivity index (χ1n) is 22.9. The SMILES string of the molecule is CC(=O)N[C@H]1CSSC[C@@H](C(N)=O)NC(=O)[C@H](Cc2ccc(OCc3c(Cl)cccc3Cl)cc2)NC(=O)[C@H](CCCCN)NC(=O)[C@H](Cc2c[nH]c3ccccc23)NC(=O)[C@H](Cc2ccccc2)NC1=O. The monoisotopic (exact) mass is 1050 g/mol. The lowest BCUT2D eigenvalue weighted by Crippen LogP contribution is -2.60. The van der Waals surface area contributed by atoms with E-state index >= 15 is 0 Å². The molecule has 0 saturated carbocycles. The Morgan fingerprint density at radius 2 is 1.23 bits per heavy atom. The minimum Gasteiger partial charge on any atom is -0.489 e. The number of halogens is 2. The fourth-order valence-electron chi connectivity index (χ4n) is 7.76. The van der Waals surface area contributed by atoms with Crippen molar-refractivity contribution >= 4 is 97.0 Å². The number of hydrogen-bond acceptors (Lipinski definition) is 11. The second kappa shape index (κ2) is 26.8. The zero-order valence-corrected chi connectivity index (χ0v) is 42.0. The molecule has 5 aromatic rings. The number of amides is 7. The van der Waals surface area contributed by atoms with Gasteiger partial charge in [-0.25, -0.2) is 0 Å². The van der Waals surface area contributed by atoms with Crippen LogP contribution in [0, 0.1) is 0 Å². The molecule has 7 amide bonds. The van der Waals surface area contributed by atoms with Crippen molar-refractivity contribution in [3.63, 3.8) is 0 Å². The number of benzene rings is 4. The largest absolute Gasteiger partial charge is 0.489 e. The molecule has 0 bridgehead atoms. The van der Waals surface area contributed by atoms with Crippen LogP contribution in [0.1, 0.15) is 48.4 Å². The minimum absolute atomic E-state index is 0.0177. The molecule has 1 saturated heterocycles. The van der Waals surface area contributed by atoms with Crippen molar-refractivity contribution in [3.05, 3.63) is 136 Å². The Morgan fingerprint density at radius 1 is 0.662 bits per heavy atom. The maximum Gasteiger partial charge on any atom is 0.244 e. The Hall–Kier alpha value is -6.25. The van der Waals surface area contributed by atoms with Crippen LogP contribution in [0.3, 0.4) is 0 Å². The number of hydrogen-bond donors (Lipinski definition) is 9. The molecule has 4 aromatic carbocycles. The fourth-order valence-corrected chi connectivity index (χ4v) is 10.6. The molecule has 6 rings (SSSR count). The van der Waals surface area contributed by atoms with Crippen LogP contribution in [0.2, 0.25) is 10.0 Å². The number of aromatic amines is 1. The van der Waals surface area contributed by atoms with Gasteiger partial charge in [-0.05, 0) is 72.8 Å². The van der Waals surface area contributed by atoms with Gasteiger partial charge in [0.2, 0.25) is 41.4 Å². The van der Waals surface area contributed by atoms with Crippen LogP contribution in [0.4, 0.5) is 0 Å². The van der Waals surface area contributed by atoms with E-state index in [1.54, 1.807) is 72.9 Å². The zero-order valence-electron chi connectivity index (χ0n) is 38.8. The first-order valence-corrected chi connectivity index (χ1v) is 26.2. The Morgan fingerprint density at radius 3 is 1.87 bits per heavy atom. The molecule has 376 valence electrons. The van der Waals surface area contributed by atoms with Gasteiger partial charge in [-0.15, -0.1) is 0 Å². The highest BCUT2D eigenvalue weighted by Crippen LogP contribution is 2.27. The van der Waals surface area contributed by atoms with Gasteiger partial charge in [0.1, 0.15) is 48.6 Å². The summed E-state index contributed by atoms with van der Waals surface area (Å²) < 4.78 is 5.95. The third-order valence-corrected chi connectivity index (χ3v) is 14.7. The molecule has 1 aliphatic heterocycles. The van der Waals surface area contributed by atoms with Crippen LogP contribution in [-0.2, 0) is 59.4 Å². The second-order valence-electron chi connectivity index (χ2n) is 16.9. The van der Waals surface area contributed by atoms with Crippen molar-refractivity contribution in [2.75, 3.05) is 18.1 Å². The predicted octanol–water partition coefficient (Wildman–Crippen LogP) is 4.02. The van der Waals surface area contributed by atoms with E-state index in [9.17, 15) is 33.6 Å². The van der Waals surface area contributed by atoms with Gasteiger partial charge < -0.3 is 53.1 Å². The van der Waals surface area contributed by atoms with Gasteiger partial charge in [0, 0.05) is 70.4 Å². The number of rotatable bonds is 15. The maximum atomic E-state index is 14.7. The Balaban J connectivity index is 1.34. The average Bonchev–Trinajstić information content (AvgIpc) is 3.76. The molecule has 0 aliphatic carbocycles. The second-order valence-corrected chi connectivity index (χ2v) is 20.3.